The van der Waals surface area contributed by atoms with E-state index in [2.05, 4.69) is 0 Å². The van der Waals surface area contributed by atoms with E-state index in [1.807, 2.05) is 0 Å². The molecular formula is C7H15NTi. The van der Waals surface area contributed by atoms with E-state index in [4.69, 9.17) is 5.73 Å². The summed E-state index contributed by atoms with van der Waals surface area (Å²) in [6, 6.07) is 0.525. The Kier molecular flexibility index (Phi) is 5.87. The Morgan fingerprint density at radius 2 is 1.33 bits per heavy atom. The van der Waals surface area contributed by atoms with Crippen LogP contribution in [0.4, 0.5) is 0 Å². The average molecular weight is 161 g/mol. The molecule has 1 rings (SSSR count). The van der Waals surface area contributed by atoms with E-state index < -0.39 is 0 Å². The molecular weight excluding hydrogens is 146 g/mol. The van der Waals surface area contributed by atoms with E-state index in [1.54, 1.807) is 0 Å². The fourth-order valence-corrected chi connectivity index (χ4v) is 1.31. The van der Waals surface area contributed by atoms with E-state index in [9.17, 15) is 0 Å². The quantitative estimate of drug-likeness (QED) is 0.424. The molecule has 0 spiro atoms. The van der Waals surface area contributed by atoms with Crippen LogP contribution in [0.15, 0.2) is 0 Å². The van der Waals surface area contributed by atoms with Gasteiger partial charge in [0.2, 0.25) is 0 Å². The molecule has 0 heterocycles. The van der Waals surface area contributed by atoms with Gasteiger partial charge in [-0.15, -0.1) is 0 Å². The Morgan fingerprint density at radius 1 is 0.889 bits per heavy atom. The van der Waals surface area contributed by atoms with Gasteiger partial charge in [-0.1, -0.05) is 25.7 Å². The molecule has 0 bridgehead atoms. The maximum atomic E-state index is 5.73. The Hall–Kier alpha value is 0.674. The molecule has 0 saturated heterocycles. The summed E-state index contributed by atoms with van der Waals surface area (Å²) in [5, 5.41) is 0. The fraction of sp³-hybridized carbons (Fsp3) is 1.00. The van der Waals surface area contributed by atoms with Crippen molar-refractivity contribution in [3.63, 3.8) is 0 Å². The second-order valence-corrected chi connectivity index (χ2v) is 2.75. The SMILES string of the molecule is NC1CCCCCC1.[Ti]. The van der Waals surface area contributed by atoms with Crippen LogP contribution in [0, 0.1) is 0 Å². The molecule has 1 aliphatic rings. The first-order chi connectivity index (χ1) is 3.89. The van der Waals surface area contributed by atoms with Crippen LogP contribution in [0.3, 0.4) is 0 Å². The summed E-state index contributed by atoms with van der Waals surface area (Å²) >= 11 is 0. The first-order valence-corrected chi connectivity index (χ1v) is 3.65. The Balaban J connectivity index is 0.000000640. The van der Waals surface area contributed by atoms with Crippen molar-refractivity contribution in [1.29, 1.82) is 0 Å². The smallest absolute Gasteiger partial charge is 0.00388 e. The summed E-state index contributed by atoms with van der Waals surface area (Å²) in [5.74, 6) is 0. The average Bonchev–Trinajstić information content (AvgIpc) is 1.94. The second-order valence-electron chi connectivity index (χ2n) is 2.75. The minimum absolute atomic E-state index is 0. The first-order valence-electron chi connectivity index (χ1n) is 3.65. The predicted octanol–water partition coefficient (Wildman–Crippen LogP) is 1.67. The van der Waals surface area contributed by atoms with Crippen LogP contribution in [-0.2, 0) is 21.7 Å². The van der Waals surface area contributed by atoms with Crippen LogP contribution in [0.5, 0.6) is 0 Å². The van der Waals surface area contributed by atoms with Crippen molar-refractivity contribution in [2.24, 2.45) is 5.73 Å². The van der Waals surface area contributed by atoms with Crippen molar-refractivity contribution in [1.82, 2.24) is 0 Å². The van der Waals surface area contributed by atoms with Gasteiger partial charge in [0.1, 0.15) is 0 Å². The van der Waals surface area contributed by atoms with Crippen molar-refractivity contribution in [2.45, 2.75) is 44.6 Å². The Bertz CT molecular complexity index is 57.9. The predicted molar refractivity (Wildman–Crippen MR) is 35.7 cm³/mol. The van der Waals surface area contributed by atoms with Crippen molar-refractivity contribution >= 4 is 0 Å². The third kappa shape index (κ3) is 4.13. The molecule has 52 valence electrons. The van der Waals surface area contributed by atoms with Crippen molar-refractivity contribution in [3.05, 3.63) is 0 Å². The number of hydrogen-bond donors (Lipinski definition) is 1. The summed E-state index contributed by atoms with van der Waals surface area (Å²) in [7, 11) is 0. The third-order valence-corrected chi connectivity index (χ3v) is 1.90. The normalized spacial score (nSPS) is 22.3. The van der Waals surface area contributed by atoms with Gasteiger partial charge in [0.15, 0.2) is 0 Å². The van der Waals surface area contributed by atoms with Gasteiger partial charge in [0, 0.05) is 27.8 Å². The molecule has 1 fully saturated rings. The molecule has 2 N–H and O–H groups in total. The molecule has 1 aliphatic carbocycles. The maximum absolute atomic E-state index is 5.73. The Morgan fingerprint density at radius 3 is 1.78 bits per heavy atom. The largest absolute Gasteiger partial charge is 0.328 e. The second kappa shape index (κ2) is 5.46. The van der Waals surface area contributed by atoms with Gasteiger partial charge in [0.25, 0.3) is 0 Å². The van der Waals surface area contributed by atoms with Crippen molar-refractivity contribution in [3.8, 4) is 0 Å². The molecule has 0 aromatic heterocycles. The molecule has 0 amide bonds. The molecule has 1 nitrogen and oxygen atoms in total. The van der Waals surface area contributed by atoms with Crippen LogP contribution >= 0.6 is 0 Å². The fourth-order valence-electron chi connectivity index (χ4n) is 1.31. The number of hydrogen-bond acceptors (Lipinski definition) is 1. The third-order valence-electron chi connectivity index (χ3n) is 1.90. The molecule has 0 aliphatic heterocycles. The zero-order chi connectivity index (χ0) is 5.82. The van der Waals surface area contributed by atoms with Gasteiger partial charge in [-0.05, 0) is 12.8 Å². The molecule has 0 unspecified atom stereocenters. The van der Waals surface area contributed by atoms with Crippen LogP contribution in [-0.4, -0.2) is 6.04 Å². The van der Waals surface area contributed by atoms with E-state index in [1.165, 1.54) is 38.5 Å². The summed E-state index contributed by atoms with van der Waals surface area (Å²) in [6.45, 7) is 0. The monoisotopic (exact) mass is 161 g/mol. The number of rotatable bonds is 0. The molecule has 0 radical (unpaired) electrons. The van der Waals surface area contributed by atoms with Crippen LogP contribution in [0.25, 0.3) is 0 Å². The van der Waals surface area contributed by atoms with Gasteiger partial charge in [0.05, 0.1) is 0 Å². The minimum Gasteiger partial charge on any atom is -0.328 e. The molecule has 9 heavy (non-hydrogen) atoms. The van der Waals surface area contributed by atoms with Gasteiger partial charge < -0.3 is 5.73 Å². The first kappa shape index (κ1) is 9.67. The molecule has 1 saturated carbocycles. The van der Waals surface area contributed by atoms with Crippen LogP contribution in [0.2, 0.25) is 0 Å². The molecule has 0 atom stereocenters. The Labute approximate surface area is 72.3 Å². The standard InChI is InChI=1S/C7H15N.Ti/c8-7-5-3-1-2-4-6-7;/h7H,1-6,8H2;. The van der Waals surface area contributed by atoms with Gasteiger partial charge in [-0.2, -0.15) is 0 Å². The summed E-state index contributed by atoms with van der Waals surface area (Å²) in [5.41, 5.74) is 5.73. The van der Waals surface area contributed by atoms with E-state index >= 15 is 0 Å². The van der Waals surface area contributed by atoms with E-state index in [0.29, 0.717) is 6.04 Å². The topological polar surface area (TPSA) is 26.0 Å². The van der Waals surface area contributed by atoms with Crippen LogP contribution in [0.1, 0.15) is 38.5 Å². The van der Waals surface area contributed by atoms with Gasteiger partial charge in [-0.3, -0.25) is 0 Å². The van der Waals surface area contributed by atoms with Gasteiger partial charge in [-0.25, -0.2) is 0 Å². The minimum atomic E-state index is 0. The zero-order valence-electron chi connectivity index (χ0n) is 5.90. The van der Waals surface area contributed by atoms with Gasteiger partial charge >= 0.3 is 0 Å². The maximum Gasteiger partial charge on any atom is 0.00388 e. The molecule has 2 heteroatoms. The van der Waals surface area contributed by atoms with E-state index in [-0.39, 0.29) is 21.7 Å². The summed E-state index contributed by atoms with van der Waals surface area (Å²) in [6.07, 6.45) is 8.07. The van der Waals surface area contributed by atoms with Crippen molar-refractivity contribution < 1.29 is 21.7 Å². The van der Waals surface area contributed by atoms with Crippen LogP contribution < -0.4 is 5.73 Å². The summed E-state index contributed by atoms with van der Waals surface area (Å²) in [4.78, 5) is 0. The van der Waals surface area contributed by atoms with E-state index in [0.717, 1.165) is 0 Å². The summed E-state index contributed by atoms with van der Waals surface area (Å²) < 4.78 is 0. The zero-order valence-corrected chi connectivity index (χ0v) is 7.46. The number of nitrogens with two attached hydrogens (primary N) is 1. The molecule has 0 aromatic carbocycles. The molecule has 0 aromatic rings. The van der Waals surface area contributed by atoms with Crippen molar-refractivity contribution in [2.75, 3.05) is 0 Å².